The van der Waals surface area contributed by atoms with E-state index in [1.807, 2.05) is 152 Å². The molecule has 2 saturated heterocycles. The minimum absolute atomic E-state index is 0.176. The van der Waals surface area contributed by atoms with Crippen molar-refractivity contribution in [3.8, 4) is 0 Å². The Balaban J connectivity index is 1.19. The number of methoxy groups -OCH3 is 1. The number of hydrogen-bond donors (Lipinski definition) is 2. The van der Waals surface area contributed by atoms with Gasteiger partial charge in [-0.1, -0.05) is 152 Å². The fourth-order valence-electron chi connectivity index (χ4n) is 7.93. The number of aliphatic hydroxyl groups is 2. The Hall–Kier alpha value is -4.30. The van der Waals surface area contributed by atoms with Crippen LogP contribution in [0.5, 0.6) is 0 Å². The lowest BCUT2D eigenvalue weighted by Gasteiger charge is -2.49. The van der Waals surface area contributed by atoms with Gasteiger partial charge < -0.3 is 48.1 Å². The predicted octanol–water partition coefficient (Wildman–Crippen LogP) is 7.04. The van der Waals surface area contributed by atoms with Gasteiger partial charge in [-0.25, -0.2) is 0 Å². The molecule has 0 aromatic heterocycles. The van der Waals surface area contributed by atoms with Crippen LogP contribution < -0.4 is 0 Å². The second-order valence-corrected chi connectivity index (χ2v) is 15.1. The number of ether oxygens (including phenoxy) is 8. The van der Waals surface area contributed by atoms with Crippen LogP contribution in [0.15, 0.2) is 152 Å². The van der Waals surface area contributed by atoms with E-state index in [-0.39, 0.29) is 46.1 Å². The van der Waals surface area contributed by atoms with Gasteiger partial charge in [0.05, 0.1) is 64.6 Å². The molecule has 1 unspecified atom stereocenters. The molecule has 2 aliphatic rings. The first-order valence-electron chi connectivity index (χ1n) is 20.5. The fraction of sp³-hybridized carbons (Fsp3) is 0.388. The Morgan fingerprint density at radius 1 is 0.458 bits per heavy atom. The first-order valence-corrected chi connectivity index (χ1v) is 20.5. The minimum atomic E-state index is -1.14. The zero-order chi connectivity index (χ0) is 40.7. The molecular weight excluding hydrogens is 749 g/mol. The van der Waals surface area contributed by atoms with E-state index in [1.165, 1.54) is 0 Å². The molecule has 5 aromatic rings. The number of aliphatic hydroxyl groups excluding tert-OH is 2. The highest BCUT2D eigenvalue weighted by Crippen LogP contribution is 2.39. The molecule has 2 fully saturated rings. The Kier molecular flexibility index (Phi) is 16.2. The van der Waals surface area contributed by atoms with Crippen molar-refractivity contribution in [3.05, 3.63) is 179 Å². The van der Waals surface area contributed by atoms with E-state index < -0.39 is 61.0 Å². The van der Waals surface area contributed by atoms with Crippen molar-refractivity contribution in [2.45, 2.75) is 94.6 Å². The van der Waals surface area contributed by atoms with Crippen molar-refractivity contribution >= 4 is 0 Å². The largest absolute Gasteiger partial charge is 0.394 e. The smallest absolute Gasteiger partial charge is 0.186 e. The molecule has 0 bridgehead atoms. The summed E-state index contributed by atoms with van der Waals surface area (Å²) in [6.07, 6.45) is -6.70. The Bertz CT molecular complexity index is 1890. The molecule has 0 amide bonds. The fourth-order valence-corrected chi connectivity index (χ4v) is 7.93. The van der Waals surface area contributed by atoms with Crippen LogP contribution >= 0.6 is 0 Å². The van der Waals surface area contributed by atoms with Gasteiger partial charge in [-0.05, 0) is 34.2 Å². The Morgan fingerprint density at radius 2 is 0.864 bits per heavy atom. The third-order valence-electron chi connectivity index (χ3n) is 11.0. The summed E-state index contributed by atoms with van der Waals surface area (Å²) in [6, 6.07) is 49.5. The van der Waals surface area contributed by atoms with Crippen LogP contribution in [0.3, 0.4) is 0 Å². The summed E-state index contributed by atoms with van der Waals surface area (Å²) in [5.41, 5.74) is 4.92. The van der Waals surface area contributed by atoms with E-state index in [0.717, 1.165) is 27.8 Å². The molecule has 2 aliphatic heterocycles. The maximum absolute atomic E-state index is 12.4. The van der Waals surface area contributed by atoms with Gasteiger partial charge in [-0.2, -0.15) is 0 Å². The van der Waals surface area contributed by atoms with Crippen LogP contribution in [0.2, 0.25) is 0 Å². The average Bonchev–Trinajstić information content (AvgIpc) is 3.29. The zero-order valence-corrected chi connectivity index (χ0v) is 33.5. The lowest BCUT2D eigenvalue weighted by molar-refractivity contribution is -0.313. The molecule has 10 atom stereocenters. The average molecular weight is 805 g/mol. The molecule has 0 radical (unpaired) electrons. The van der Waals surface area contributed by atoms with E-state index in [1.54, 1.807) is 7.11 Å². The van der Waals surface area contributed by atoms with Gasteiger partial charge >= 0.3 is 0 Å². The lowest BCUT2D eigenvalue weighted by Crippen LogP contribution is -2.63. The standard InChI is InChI=1S/C49H56O10/c1-52-49-48(57-33-39-25-15-6-16-26-39)45(54-30-36-19-9-3-10-20-36)40(42(28-50)59-49)27-41-44(51)47(56-32-38-23-13-5-14-24-38)46(55-31-37-21-11-4-12-22-37)43(58-41)34-53-29-35-17-7-2-8-18-35/h2-26,40-51H,27-34H2,1H3/t40?,41-,42+,43+,44-,45-,46-,47+,48+,49-/m0/s1. The van der Waals surface area contributed by atoms with Crippen LogP contribution in [0.1, 0.15) is 34.2 Å². The highest BCUT2D eigenvalue weighted by atomic mass is 16.7. The highest BCUT2D eigenvalue weighted by Gasteiger charge is 2.52. The predicted molar refractivity (Wildman–Crippen MR) is 222 cm³/mol. The number of benzene rings is 5. The molecule has 0 aliphatic carbocycles. The van der Waals surface area contributed by atoms with Crippen LogP contribution in [0.4, 0.5) is 0 Å². The van der Waals surface area contributed by atoms with Crippen molar-refractivity contribution in [2.24, 2.45) is 5.92 Å². The van der Waals surface area contributed by atoms with Crippen LogP contribution in [-0.2, 0) is 70.9 Å². The monoisotopic (exact) mass is 804 g/mol. The van der Waals surface area contributed by atoms with Crippen LogP contribution in [-0.4, -0.2) is 85.7 Å². The van der Waals surface area contributed by atoms with Gasteiger partial charge in [0.25, 0.3) is 0 Å². The van der Waals surface area contributed by atoms with Crippen molar-refractivity contribution in [2.75, 3.05) is 20.3 Å². The maximum Gasteiger partial charge on any atom is 0.186 e. The summed E-state index contributed by atoms with van der Waals surface area (Å²) in [7, 11) is 1.56. The van der Waals surface area contributed by atoms with Crippen LogP contribution in [0, 0.1) is 5.92 Å². The summed E-state index contributed by atoms with van der Waals surface area (Å²) in [5, 5.41) is 23.3. The quantitative estimate of drug-likeness (QED) is 0.0850. The van der Waals surface area contributed by atoms with Crippen molar-refractivity contribution in [3.63, 3.8) is 0 Å². The normalized spacial score (nSPS) is 27.0. The molecule has 0 spiro atoms. The third kappa shape index (κ3) is 11.9. The second-order valence-electron chi connectivity index (χ2n) is 15.1. The minimum Gasteiger partial charge on any atom is -0.394 e. The highest BCUT2D eigenvalue weighted by molar-refractivity contribution is 5.17. The second kappa shape index (κ2) is 22.3. The summed E-state index contributed by atoms with van der Waals surface area (Å²) in [4.78, 5) is 0. The molecule has 2 heterocycles. The Labute approximate surface area is 347 Å². The molecule has 10 heteroatoms. The summed E-state index contributed by atoms with van der Waals surface area (Å²) < 4.78 is 52.2. The molecule has 7 rings (SSSR count). The molecule has 312 valence electrons. The first-order chi connectivity index (χ1) is 29.1. The topological polar surface area (TPSA) is 114 Å². The van der Waals surface area contributed by atoms with E-state index >= 15 is 0 Å². The molecule has 2 N–H and O–H groups in total. The van der Waals surface area contributed by atoms with Crippen LogP contribution in [0.25, 0.3) is 0 Å². The van der Waals surface area contributed by atoms with E-state index in [2.05, 4.69) is 0 Å². The summed E-state index contributed by atoms with van der Waals surface area (Å²) in [5.74, 6) is -0.502. The van der Waals surface area contributed by atoms with E-state index in [4.69, 9.17) is 37.9 Å². The van der Waals surface area contributed by atoms with Gasteiger partial charge in [0, 0.05) is 13.0 Å². The molecular formula is C49H56O10. The summed E-state index contributed by atoms with van der Waals surface area (Å²) >= 11 is 0. The molecule has 10 nitrogen and oxygen atoms in total. The van der Waals surface area contributed by atoms with E-state index in [0.29, 0.717) is 6.61 Å². The van der Waals surface area contributed by atoms with Gasteiger partial charge in [-0.3, -0.25) is 0 Å². The SMILES string of the molecule is CO[C@H]1O[C@H](CO)C(C[C@@H]2O[C@H](COCc3ccccc3)[C@H](OCc3ccccc3)[C@H](OCc3ccccc3)[C@H]2O)[C@H](OCc2ccccc2)[C@H]1OCc1ccccc1. The summed E-state index contributed by atoms with van der Waals surface area (Å²) in [6.45, 7) is 1.33. The van der Waals surface area contributed by atoms with Gasteiger partial charge in [0.1, 0.15) is 30.5 Å². The third-order valence-corrected chi connectivity index (χ3v) is 11.0. The van der Waals surface area contributed by atoms with Gasteiger partial charge in [0.15, 0.2) is 6.29 Å². The molecule has 5 aromatic carbocycles. The number of rotatable bonds is 20. The molecule has 59 heavy (non-hydrogen) atoms. The number of hydrogen-bond acceptors (Lipinski definition) is 10. The zero-order valence-electron chi connectivity index (χ0n) is 33.5. The Morgan fingerprint density at radius 3 is 1.31 bits per heavy atom. The van der Waals surface area contributed by atoms with Gasteiger partial charge in [0.2, 0.25) is 0 Å². The maximum atomic E-state index is 12.4. The molecule has 0 saturated carbocycles. The van der Waals surface area contributed by atoms with Crippen molar-refractivity contribution < 1.29 is 48.1 Å². The van der Waals surface area contributed by atoms with E-state index in [9.17, 15) is 10.2 Å². The first kappa shape index (κ1) is 42.8. The van der Waals surface area contributed by atoms with Gasteiger partial charge in [-0.15, -0.1) is 0 Å². The van der Waals surface area contributed by atoms with Crippen molar-refractivity contribution in [1.29, 1.82) is 0 Å². The van der Waals surface area contributed by atoms with Crippen molar-refractivity contribution in [1.82, 2.24) is 0 Å². The lowest BCUT2D eigenvalue weighted by atomic mass is 9.81.